The van der Waals surface area contributed by atoms with Crippen LogP contribution in [0.4, 0.5) is 5.69 Å². The molecule has 0 radical (unpaired) electrons. The van der Waals surface area contributed by atoms with Crippen molar-refractivity contribution >= 4 is 49.1 Å². The number of benzene rings is 1. The van der Waals surface area contributed by atoms with Crippen molar-refractivity contribution in [1.82, 2.24) is 4.98 Å². The number of nitrogens with zero attached hydrogens (tertiary/aromatic N) is 2. The molecule has 2 aromatic rings. The maximum Gasteiger partial charge on any atom is 0.228 e. The van der Waals surface area contributed by atoms with Gasteiger partial charge in [0, 0.05) is 23.5 Å². The highest BCUT2D eigenvalue weighted by atomic mass is 79.9. The first-order valence-corrected chi connectivity index (χ1v) is 7.18. The highest BCUT2D eigenvalue weighted by molar-refractivity contribution is 9.09. The van der Waals surface area contributed by atoms with Crippen molar-refractivity contribution in [3.05, 3.63) is 23.2 Å². The summed E-state index contributed by atoms with van der Waals surface area (Å²) in [6.07, 6.45) is 0.583. The molecule has 1 aliphatic heterocycles. The molecule has 1 saturated heterocycles. The van der Waals surface area contributed by atoms with Gasteiger partial charge in [-0.25, -0.2) is 4.98 Å². The molecule has 0 N–H and O–H groups in total. The normalized spacial score (nSPS) is 20.5. The van der Waals surface area contributed by atoms with E-state index in [4.69, 9.17) is 0 Å². The maximum atomic E-state index is 11.8. The first-order chi connectivity index (χ1) is 8.13. The monoisotopic (exact) mass is 310 g/mol. The molecule has 17 heavy (non-hydrogen) atoms. The molecule has 0 aliphatic carbocycles. The summed E-state index contributed by atoms with van der Waals surface area (Å²) in [5.74, 6) is 0.187. The van der Waals surface area contributed by atoms with E-state index in [0.29, 0.717) is 6.42 Å². The van der Waals surface area contributed by atoms with Crippen molar-refractivity contribution in [3.63, 3.8) is 0 Å². The minimum absolute atomic E-state index is 0.187. The van der Waals surface area contributed by atoms with Crippen molar-refractivity contribution in [2.24, 2.45) is 0 Å². The number of thiazole rings is 1. The molecular weight excluding hydrogens is 300 g/mol. The number of hydrogen-bond acceptors (Lipinski definition) is 3. The van der Waals surface area contributed by atoms with Gasteiger partial charge in [-0.1, -0.05) is 15.9 Å². The number of hydrogen-bond donors (Lipinski definition) is 0. The van der Waals surface area contributed by atoms with Crippen LogP contribution in [0.1, 0.15) is 11.4 Å². The van der Waals surface area contributed by atoms with Gasteiger partial charge in [-0.15, -0.1) is 11.3 Å². The van der Waals surface area contributed by atoms with Gasteiger partial charge in [0.1, 0.15) is 0 Å². The molecule has 2 heterocycles. The Labute approximate surface area is 112 Å². The fourth-order valence-corrected chi connectivity index (χ4v) is 3.54. The number of anilines is 1. The van der Waals surface area contributed by atoms with E-state index in [1.165, 1.54) is 0 Å². The zero-order valence-electron chi connectivity index (χ0n) is 9.31. The predicted octanol–water partition coefficient (Wildman–Crippen LogP) is 3.10. The second-order valence-electron chi connectivity index (χ2n) is 4.19. The van der Waals surface area contributed by atoms with Crippen LogP contribution < -0.4 is 4.90 Å². The van der Waals surface area contributed by atoms with E-state index < -0.39 is 0 Å². The highest BCUT2D eigenvalue weighted by Crippen LogP contribution is 2.30. The Balaban J connectivity index is 2.03. The molecule has 1 atom stereocenters. The van der Waals surface area contributed by atoms with Crippen molar-refractivity contribution < 1.29 is 4.79 Å². The predicted molar refractivity (Wildman–Crippen MR) is 74.0 cm³/mol. The van der Waals surface area contributed by atoms with E-state index >= 15 is 0 Å². The van der Waals surface area contributed by atoms with Gasteiger partial charge < -0.3 is 4.90 Å². The average Bonchev–Trinajstić information content (AvgIpc) is 2.78. The molecule has 1 fully saturated rings. The Morgan fingerprint density at radius 1 is 1.53 bits per heavy atom. The summed E-state index contributed by atoms with van der Waals surface area (Å²) in [5.41, 5.74) is 1.99. The third-order valence-corrected chi connectivity index (χ3v) is 4.42. The second kappa shape index (κ2) is 4.07. The van der Waals surface area contributed by atoms with Crippen LogP contribution in [0.5, 0.6) is 0 Å². The Hall–Kier alpha value is -0.940. The van der Waals surface area contributed by atoms with Gasteiger partial charge in [0.05, 0.1) is 15.2 Å². The largest absolute Gasteiger partial charge is 0.311 e. The van der Waals surface area contributed by atoms with Gasteiger partial charge in [0.25, 0.3) is 0 Å². The minimum atomic E-state index is 0.187. The molecule has 1 aromatic heterocycles. The van der Waals surface area contributed by atoms with Crippen molar-refractivity contribution in [2.75, 3.05) is 11.4 Å². The molecule has 5 heteroatoms. The minimum Gasteiger partial charge on any atom is -0.311 e. The van der Waals surface area contributed by atoms with Crippen LogP contribution in [0.25, 0.3) is 10.2 Å². The van der Waals surface area contributed by atoms with Gasteiger partial charge in [-0.3, -0.25) is 4.79 Å². The quantitative estimate of drug-likeness (QED) is 0.758. The van der Waals surface area contributed by atoms with Crippen LogP contribution in [0.3, 0.4) is 0 Å². The Morgan fingerprint density at radius 3 is 3.06 bits per heavy atom. The third-order valence-electron chi connectivity index (χ3n) is 2.87. The lowest BCUT2D eigenvalue weighted by atomic mass is 10.3. The fraction of sp³-hybridized carbons (Fsp3) is 0.333. The summed E-state index contributed by atoms with van der Waals surface area (Å²) in [5, 5.41) is 1.06. The second-order valence-corrected chi connectivity index (χ2v) is 6.72. The van der Waals surface area contributed by atoms with Gasteiger partial charge >= 0.3 is 0 Å². The summed E-state index contributed by atoms with van der Waals surface area (Å²) >= 11 is 5.16. The number of rotatable bonds is 1. The van der Waals surface area contributed by atoms with Crippen molar-refractivity contribution in [3.8, 4) is 0 Å². The molecule has 0 saturated carbocycles. The summed E-state index contributed by atoms with van der Waals surface area (Å²) in [4.78, 5) is 18.3. The fourth-order valence-electron chi connectivity index (χ4n) is 2.11. The molecule has 0 spiro atoms. The number of carbonyl (C=O) groups is 1. The van der Waals surface area contributed by atoms with E-state index in [2.05, 4.69) is 27.0 Å². The summed E-state index contributed by atoms with van der Waals surface area (Å²) in [7, 11) is 0. The van der Waals surface area contributed by atoms with E-state index in [1.54, 1.807) is 11.3 Å². The lowest BCUT2D eigenvalue weighted by Crippen LogP contribution is -2.24. The third kappa shape index (κ3) is 1.98. The molecule has 0 bridgehead atoms. The molecule has 1 aromatic carbocycles. The lowest BCUT2D eigenvalue weighted by molar-refractivity contribution is -0.117. The standard InChI is InChI=1S/C12H11BrN2OS/c1-7-14-10-3-2-9(5-11(10)17-7)15-6-8(13)4-12(15)16/h2-3,5,8H,4,6H2,1H3. The number of fused-ring (bicyclic) bond motifs is 1. The molecule has 3 rings (SSSR count). The van der Waals surface area contributed by atoms with Crippen molar-refractivity contribution in [1.29, 1.82) is 0 Å². The molecule has 1 unspecified atom stereocenters. The molecule has 1 amide bonds. The Morgan fingerprint density at radius 2 is 2.35 bits per heavy atom. The van der Waals surface area contributed by atoms with Crippen LogP contribution in [-0.2, 0) is 4.79 Å². The smallest absolute Gasteiger partial charge is 0.228 e. The number of amides is 1. The van der Waals surface area contributed by atoms with Crippen LogP contribution in [-0.4, -0.2) is 22.3 Å². The first-order valence-electron chi connectivity index (χ1n) is 5.45. The Kier molecular flexibility index (Phi) is 2.67. The number of alkyl halides is 1. The maximum absolute atomic E-state index is 11.8. The number of carbonyl (C=O) groups excluding carboxylic acids is 1. The number of aromatic nitrogens is 1. The van der Waals surface area contributed by atoms with E-state index in [1.807, 2.05) is 24.0 Å². The molecule has 3 nitrogen and oxygen atoms in total. The SMILES string of the molecule is Cc1nc2ccc(N3CC(Br)CC3=O)cc2s1. The average molecular weight is 311 g/mol. The molecule has 1 aliphatic rings. The summed E-state index contributed by atoms with van der Waals surface area (Å²) in [6, 6.07) is 6.02. The van der Waals surface area contributed by atoms with Crippen LogP contribution in [0, 0.1) is 6.92 Å². The van der Waals surface area contributed by atoms with Crippen LogP contribution >= 0.6 is 27.3 Å². The zero-order chi connectivity index (χ0) is 12.0. The van der Waals surface area contributed by atoms with Gasteiger partial charge in [0.15, 0.2) is 0 Å². The highest BCUT2D eigenvalue weighted by Gasteiger charge is 2.28. The topological polar surface area (TPSA) is 33.2 Å². The summed E-state index contributed by atoms with van der Waals surface area (Å²) < 4.78 is 1.14. The van der Waals surface area contributed by atoms with Gasteiger partial charge in [0.2, 0.25) is 5.91 Å². The molecule has 88 valence electrons. The number of halogens is 1. The van der Waals surface area contributed by atoms with E-state index in [-0.39, 0.29) is 10.7 Å². The first kappa shape index (κ1) is 11.2. The van der Waals surface area contributed by atoms with E-state index in [9.17, 15) is 4.79 Å². The summed E-state index contributed by atoms with van der Waals surface area (Å²) in [6.45, 7) is 2.75. The van der Waals surface area contributed by atoms with Gasteiger partial charge in [-0.2, -0.15) is 0 Å². The van der Waals surface area contributed by atoms with Gasteiger partial charge in [-0.05, 0) is 25.1 Å². The van der Waals surface area contributed by atoms with E-state index in [0.717, 1.165) is 27.5 Å². The number of aryl methyl sites for hydroxylation is 1. The molecular formula is C12H11BrN2OS. The van der Waals surface area contributed by atoms with Crippen LogP contribution in [0.2, 0.25) is 0 Å². The lowest BCUT2D eigenvalue weighted by Gasteiger charge is -2.15. The van der Waals surface area contributed by atoms with Crippen molar-refractivity contribution in [2.45, 2.75) is 18.2 Å². The van der Waals surface area contributed by atoms with Crippen LogP contribution in [0.15, 0.2) is 18.2 Å². The zero-order valence-corrected chi connectivity index (χ0v) is 11.7. The Bertz CT molecular complexity index is 595.